The number of nitro benzene ring substituents is 1. The molecule has 1 aromatic carbocycles. The van der Waals surface area contributed by atoms with Crippen LogP contribution in [0.2, 0.25) is 0 Å². The molecule has 0 radical (unpaired) electrons. The van der Waals surface area contributed by atoms with Crippen LogP contribution in [0.1, 0.15) is 11.3 Å². The first-order valence-electron chi connectivity index (χ1n) is 6.86. The molecule has 2 aromatic heterocycles. The Labute approximate surface area is 131 Å². The molecular formula is C15H13N5O3. The number of rotatable bonds is 5. The van der Waals surface area contributed by atoms with Gasteiger partial charge in [-0.05, 0) is 17.7 Å². The van der Waals surface area contributed by atoms with Gasteiger partial charge in [0.25, 0.3) is 5.69 Å². The minimum atomic E-state index is -0.440. The minimum Gasteiger partial charge on any atom is -0.390 e. The Morgan fingerprint density at radius 3 is 2.61 bits per heavy atom. The number of aliphatic hydroxyl groups is 1. The largest absolute Gasteiger partial charge is 0.390 e. The number of nitrogens with zero attached hydrogens (tertiary/aromatic N) is 5. The summed E-state index contributed by atoms with van der Waals surface area (Å²) in [5.74, 6) is 0. The highest BCUT2D eigenvalue weighted by Crippen LogP contribution is 2.22. The highest BCUT2D eigenvalue weighted by Gasteiger charge is 2.15. The van der Waals surface area contributed by atoms with E-state index in [0.717, 1.165) is 11.1 Å². The fourth-order valence-corrected chi connectivity index (χ4v) is 2.28. The molecule has 0 bridgehead atoms. The van der Waals surface area contributed by atoms with Crippen LogP contribution in [0.15, 0.2) is 48.8 Å². The quantitative estimate of drug-likeness (QED) is 0.568. The molecule has 23 heavy (non-hydrogen) atoms. The van der Waals surface area contributed by atoms with Gasteiger partial charge in [-0.3, -0.25) is 15.1 Å². The molecule has 3 aromatic rings. The van der Waals surface area contributed by atoms with Crippen LogP contribution in [0.4, 0.5) is 5.69 Å². The summed E-state index contributed by atoms with van der Waals surface area (Å²) in [7, 11) is 0. The average molecular weight is 311 g/mol. The van der Waals surface area contributed by atoms with Gasteiger partial charge in [0.2, 0.25) is 0 Å². The number of nitro groups is 1. The van der Waals surface area contributed by atoms with Crippen molar-refractivity contribution in [1.29, 1.82) is 0 Å². The fourth-order valence-electron chi connectivity index (χ4n) is 2.28. The van der Waals surface area contributed by atoms with Crippen molar-refractivity contribution in [1.82, 2.24) is 20.0 Å². The summed E-state index contributed by atoms with van der Waals surface area (Å²) in [6, 6.07) is 9.89. The maximum absolute atomic E-state index is 10.7. The molecule has 0 saturated heterocycles. The van der Waals surface area contributed by atoms with Gasteiger partial charge in [0.15, 0.2) is 0 Å². The maximum atomic E-state index is 10.7. The SMILES string of the molecule is O=[N+]([O-])c1ccc(Cn2nnc(CO)c2-c2cccnc2)cc1. The zero-order chi connectivity index (χ0) is 16.2. The molecule has 0 fully saturated rings. The number of hydrogen-bond acceptors (Lipinski definition) is 6. The number of pyridine rings is 1. The van der Waals surface area contributed by atoms with E-state index in [-0.39, 0.29) is 12.3 Å². The van der Waals surface area contributed by atoms with Crippen LogP contribution in [0, 0.1) is 10.1 Å². The normalized spacial score (nSPS) is 10.7. The van der Waals surface area contributed by atoms with Crippen LogP contribution in [0.25, 0.3) is 11.3 Å². The van der Waals surface area contributed by atoms with Crippen molar-refractivity contribution in [3.05, 3.63) is 70.2 Å². The first-order valence-corrected chi connectivity index (χ1v) is 6.86. The molecule has 2 heterocycles. The third kappa shape index (κ3) is 3.06. The van der Waals surface area contributed by atoms with Gasteiger partial charge in [0.1, 0.15) is 5.69 Å². The van der Waals surface area contributed by atoms with Crippen molar-refractivity contribution in [3.63, 3.8) is 0 Å². The van der Waals surface area contributed by atoms with E-state index in [1.54, 1.807) is 35.3 Å². The summed E-state index contributed by atoms with van der Waals surface area (Å²) in [6.07, 6.45) is 3.33. The standard InChI is InChI=1S/C15H13N5O3/c21-10-14-15(12-2-1-7-16-8-12)19(18-17-14)9-11-3-5-13(6-4-11)20(22)23/h1-8,21H,9-10H2. The Morgan fingerprint density at radius 1 is 1.22 bits per heavy atom. The summed E-state index contributed by atoms with van der Waals surface area (Å²) >= 11 is 0. The van der Waals surface area contributed by atoms with E-state index in [9.17, 15) is 15.2 Å². The Kier molecular flexibility index (Phi) is 4.07. The van der Waals surface area contributed by atoms with Gasteiger partial charge in [-0.1, -0.05) is 17.3 Å². The molecule has 0 unspecified atom stereocenters. The number of benzene rings is 1. The second-order valence-corrected chi connectivity index (χ2v) is 4.87. The number of non-ortho nitro benzene ring substituents is 1. The van der Waals surface area contributed by atoms with E-state index in [4.69, 9.17) is 0 Å². The van der Waals surface area contributed by atoms with E-state index in [1.165, 1.54) is 12.1 Å². The Hall–Kier alpha value is -3.13. The lowest BCUT2D eigenvalue weighted by Crippen LogP contribution is -2.05. The number of aliphatic hydroxyl groups excluding tert-OH is 1. The topological polar surface area (TPSA) is 107 Å². The second-order valence-electron chi connectivity index (χ2n) is 4.87. The zero-order valence-corrected chi connectivity index (χ0v) is 12.0. The van der Waals surface area contributed by atoms with Gasteiger partial charge in [-0.2, -0.15) is 0 Å². The third-order valence-electron chi connectivity index (χ3n) is 3.37. The van der Waals surface area contributed by atoms with Crippen LogP contribution < -0.4 is 0 Å². The van der Waals surface area contributed by atoms with E-state index in [2.05, 4.69) is 15.3 Å². The van der Waals surface area contributed by atoms with Gasteiger partial charge < -0.3 is 5.11 Å². The van der Waals surface area contributed by atoms with E-state index < -0.39 is 4.92 Å². The molecule has 0 saturated carbocycles. The zero-order valence-electron chi connectivity index (χ0n) is 12.0. The second kappa shape index (κ2) is 6.32. The molecule has 3 rings (SSSR count). The van der Waals surface area contributed by atoms with Crippen LogP contribution in [0.5, 0.6) is 0 Å². The molecule has 0 spiro atoms. The fraction of sp³-hybridized carbons (Fsp3) is 0.133. The van der Waals surface area contributed by atoms with Crippen molar-refractivity contribution in [3.8, 4) is 11.3 Å². The Balaban J connectivity index is 1.94. The van der Waals surface area contributed by atoms with Crippen LogP contribution in [-0.4, -0.2) is 30.0 Å². The minimum absolute atomic E-state index is 0.0378. The van der Waals surface area contributed by atoms with Gasteiger partial charge in [-0.15, -0.1) is 5.10 Å². The monoisotopic (exact) mass is 311 g/mol. The molecule has 8 heteroatoms. The number of hydrogen-bond donors (Lipinski definition) is 1. The molecule has 116 valence electrons. The van der Waals surface area contributed by atoms with Crippen molar-refractivity contribution in [2.24, 2.45) is 0 Å². The lowest BCUT2D eigenvalue weighted by Gasteiger charge is -2.07. The summed E-state index contributed by atoms with van der Waals surface area (Å²) in [5, 5.41) is 28.2. The summed E-state index contributed by atoms with van der Waals surface area (Å²) in [4.78, 5) is 14.3. The highest BCUT2D eigenvalue weighted by molar-refractivity contribution is 5.60. The van der Waals surface area contributed by atoms with Gasteiger partial charge in [0.05, 0.1) is 23.8 Å². The van der Waals surface area contributed by atoms with E-state index in [0.29, 0.717) is 17.9 Å². The van der Waals surface area contributed by atoms with Crippen molar-refractivity contribution in [2.75, 3.05) is 0 Å². The lowest BCUT2D eigenvalue weighted by molar-refractivity contribution is -0.384. The first-order chi connectivity index (χ1) is 11.2. The molecule has 8 nitrogen and oxygen atoms in total. The summed E-state index contributed by atoms with van der Waals surface area (Å²) in [6.45, 7) is 0.152. The smallest absolute Gasteiger partial charge is 0.269 e. The first kappa shape index (κ1) is 14.8. The molecule has 0 atom stereocenters. The van der Waals surface area contributed by atoms with Gasteiger partial charge >= 0.3 is 0 Å². The van der Waals surface area contributed by atoms with Crippen LogP contribution in [-0.2, 0) is 13.2 Å². The predicted octanol–water partition coefficient (Wildman–Crippen LogP) is 1.79. The molecular weight excluding hydrogens is 298 g/mol. The Bertz CT molecular complexity index is 815. The predicted molar refractivity (Wildman–Crippen MR) is 81.4 cm³/mol. The lowest BCUT2D eigenvalue weighted by atomic mass is 10.1. The Morgan fingerprint density at radius 2 is 2.00 bits per heavy atom. The summed E-state index contributed by atoms with van der Waals surface area (Å²) in [5.41, 5.74) is 2.81. The van der Waals surface area contributed by atoms with Crippen molar-refractivity contribution >= 4 is 5.69 Å². The van der Waals surface area contributed by atoms with E-state index >= 15 is 0 Å². The molecule has 1 N–H and O–H groups in total. The molecule has 0 aliphatic carbocycles. The van der Waals surface area contributed by atoms with E-state index in [1.807, 2.05) is 6.07 Å². The van der Waals surface area contributed by atoms with Crippen LogP contribution in [0.3, 0.4) is 0 Å². The highest BCUT2D eigenvalue weighted by atomic mass is 16.6. The maximum Gasteiger partial charge on any atom is 0.269 e. The van der Waals surface area contributed by atoms with Crippen molar-refractivity contribution < 1.29 is 10.0 Å². The van der Waals surface area contributed by atoms with Crippen LogP contribution >= 0.6 is 0 Å². The summed E-state index contributed by atoms with van der Waals surface area (Å²) < 4.78 is 1.64. The van der Waals surface area contributed by atoms with Gasteiger partial charge in [0, 0.05) is 30.1 Å². The third-order valence-corrected chi connectivity index (χ3v) is 3.37. The molecule has 0 aliphatic rings. The molecule has 0 amide bonds. The number of aromatic nitrogens is 4. The van der Waals surface area contributed by atoms with Gasteiger partial charge in [-0.25, -0.2) is 4.68 Å². The molecule has 0 aliphatic heterocycles. The van der Waals surface area contributed by atoms with Crippen molar-refractivity contribution in [2.45, 2.75) is 13.2 Å². The average Bonchev–Trinajstić information content (AvgIpc) is 2.99.